The molecule has 4 heteroatoms. The van der Waals surface area contributed by atoms with Crippen molar-refractivity contribution in [3.8, 4) is 0 Å². The van der Waals surface area contributed by atoms with E-state index in [2.05, 4.69) is 32.9 Å². The summed E-state index contributed by atoms with van der Waals surface area (Å²) in [6, 6.07) is 10.2. The molecule has 1 aromatic rings. The summed E-state index contributed by atoms with van der Waals surface area (Å²) in [5.74, 6) is 0.577. The third kappa shape index (κ3) is 6.44. The van der Waals surface area contributed by atoms with Crippen molar-refractivity contribution in [2.45, 2.75) is 104 Å². The number of aliphatic imine (C=N–C) groups is 2. The number of anilines is 1. The van der Waals surface area contributed by atoms with Gasteiger partial charge in [-0.1, -0.05) is 77.5 Å². The molecule has 0 fully saturated rings. The minimum Gasteiger partial charge on any atom is -0.352 e. The van der Waals surface area contributed by atoms with Crippen LogP contribution in [0.5, 0.6) is 0 Å². The van der Waals surface area contributed by atoms with E-state index in [1.807, 2.05) is 23.1 Å². The zero-order valence-corrected chi connectivity index (χ0v) is 18.2. The number of unbranched alkanes of at least 4 members (excludes halogenated alkanes) is 6. The second-order valence-corrected chi connectivity index (χ2v) is 7.87. The van der Waals surface area contributed by atoms with Crippen LogP contribution in [0.15, 0.2) is 40.3 Å². The minimum atomic E-state index is -1.22. The SMILES string of the molecule is CCCCCC1=NC(O)(CCCCC)N(c2ccccc2)C(CCCCC)=N1. The largest absolute Gasteiger partial charge is 0.352 e. The summed E-state index contributed by atoms with van der Waals surface area (Å²) in [6.07, 6.45) is 12.4. The van der Waals surface area contributed by atoms with E-state index in [0.29, 0.717) is 6.42 Å². The molecule has 1 aliphatic heterocycles. The first-order valence-corrected chi connectivity index (χ1v) is 11.4. The quantitative estimate of drug-likeness (QED) is 0.384. The second kappa shape index (κ2) is 12.0. The van der Waals surface area contributed by atoms with Gasteiger partial charge in [-0.3, -0.25) is 4.90 Å². The molecule has 28 heavy (non-hydrogen) atoms. The highest BCUT2D eigenvalue weighted by atomic mass is 16.3. The summed E-state index contributed by atoms with van der Waals surface area (Å²) in [7, 11) is 0. The van der Waals surface area contributed by atoms with E-state index in [1.165, 1.54) is 25.7 Å². The lowest BCUT2D eigenvalue weighted by molar-refractivity contribution is 0.0456. The van der Waals surface area contributed by atoms with E-state index >= 15 is 0 Å². The molecule has 1 N–H and O–H groups in total. The van der Waals surface area contributed by atoms with Crippen LogP contribution in [-0.2, 0) is 0 Å². The van der Waals surface area contributed by atoms with Crippen molar-refractivity contribution in [1.29, 1.82) is 0 Å². The molecule has 0 bridgehead atoms. The van der Waals surface area contributed by atoms with Crippen LogP contribution in [0.25, 0.3) is 0 Å². The van der Waals surface area contributed by atoms with Crippen LogP contribution in [0.4, 0.5) is 5.69 Å². The Balaban J connectivity index is 2.35. The van der Waals surface area contributed by atoms with Gasteiger partial charge in [0.2, 0.25) is 5.85 Å². The Labute approximate surface area is 171 Å². The molecular weight excluding hydrogens is 346 g/mol. The molecule has 0 saturated heterocycles. The second-order valence-electron chi connectivity index (χ2n) is 7.87. The van der Waals surface area contributed by atoms with E-state index in [1.54, 1.807) is 0 Å². The Morgan fingerprint density at radius 3 is 2.07 bits per heavy atom. The van der Waals surface area contributed by atoms with E-state index in [0.717, 1.165) is 62.3 Å². The number of para-hydroxylation sites is 1. The van der Waals surface area contributed by atoms with E-state index in [-0.39, 0.29) is 0 Å². The number of rotatable bonds is 13. The van der Waals surface area contributed by atoms with Crippen LogP contribution < -0.4 is 4.90 Å². The van der Waals surface area contributed by atoms with Crippen LogP contribution in [0.1, 0.15) is 97.8 Å². The molecule has 1 unspecified atom stereocenters. The van der Waals surface area contributed by atoms with Gasteiger partial charge in [-0.15, -0.1) is 0 Å². The third-order valence-corrected chi connectivity index (χ3v) is 5.32. The van der Waals surface area contributed by atoms with E-state index in [9.17, 15) is 5.11 Å². The smallest absolute Gasteiger partial charge is 0.243 e. The molecule has 1 atom stereocenters. The molecule has 2 rings (SSSR count). The topological polar surface area (TPSA) is 48.2 Å². The molecule has 0 aromatic heterocycles. The number of hydrogen-bond acceptors (Lipinski definition) is 4. The summed E-state index contributed by atoms with van der Waals surface area (Å²) in [5, 5.41) is 11.7. The Morgan fingerprint density at radius 1 is 0.821 bits per heavy atom. The number of nitrogens with zero attached hydrogens (tertiary/aromatic N) is 3. The minimum absolute atomic E-state index is 0.639. The average Bonchev–Trinajstić information content (AvgIpc) is 2.69. The predicted octanol–water partition coefficient (Wildman–Crippen LogP) is 6.69. The fraction of sp³-hybridized carbons (Fsp3) is 0.667. The maximum Gasteiger partial charge on any atom is 0.243 e. The maximum absolute atomic E-state index is 11.7. The lowest BCUT2D eigenvalue weighted by Gasteiger charge is -2.41. The monoisotopic (exact) mass is 385 g/mol. The number of aliphatic hydroxyl groups is 1. The fourth-order valence-electron chi connectivity index (χ4n) is 3.75. The lowest BCUT2D eigenvalue weighted by atomic mass is 10.1. The van der Waals surface area contributed by atoms with E-state index in [4.69, 9.17) is 9.98 Å². The van der Waals surface area contributed by atoms with Crippen molar-refractivity contribution in [3.63, 3.8) is 0 Å². The number of amidine groups is 2. The van der Waals surface area contributed by atoms with Crippen molar-refractivity contribution in [2.24, 2.45) is 9.98 Å². The Kier molecular flexibility index (Phi) is 9.69. The van der Waals surface area contributed by atoms with Crippen LogP contribution in [-0.4, -0.2) is 22.6 Å². The predicted molar refractivity (Wildman–Crippen MR) is 121 cm³/mol. The number of hydrogen-bond donors (Lipinski definition) is 1. The van der Waals surface area contributed by atoms with Gasteiger partial charge < -0.3 is 5.11 Å². The summed E-state index contributed by atoms with van der Waals surface area (Å²) < 4.78 is 0. The Morgan fingerprint density at radius 2 is 1.43 bits per heavy atom. The van der Waals surface area contributed by atoms with E-state index < -0.39 is 5.85 Å². The van der Waals surface area contributed by atoms with Crippen LogP contribution in [0, 0.1) is 0 Å². The first-order chi connectivity index (χ1) is 13.6. The molecule has 0 aliphatic carbocycles. The molecule has 0 radical (unpaired) electrons. The van der Waals surface area contributed by atoms with Gasteiger partial charge in [0.25, 0.3) is 0 Å². The molecule has 1 heterocycles. The van der Waals surface area contributed by atoms with Crippen LogP contribution in [0.3, 0.4) is 0 Å². The van der Waals surface area contributed by atoms with Gasteiger partial charge >= 0.3 is 0 Å². The third-order valence-electron chi connectivity index (χ3n) is 5.32. The Bertz CT molecular complexity index is 626. The van der Waals surface area contributed by atoms with Crippen molar-refractivity contribution in [1.82, 2.24) is 0 Å². The Hall–Kier alpha value is -1.68. The summed E-state index contributed by atoms with van der Waals surface area (Å²) in [4.78, 5) is 11.7. The highest BCUT2D eigenvalue weighted by molar-refractivity contribution is 6.08. The zero-order chi connectivity index (χ0) is 20.2. The molecular formula is C24H39N3O. The fourth-order valence-corrected chi connectivity index (χ4v) is 3.75. The van der Waals surface area contributed by atoms with Crippen molar-refractivity contribution < 1.29 is 5.11 Å². The van der Waals surface area contributed by atoms with Crippen LogP contribution >= 0.6 is 0 Å². The average molecular weight is 386 g/mol. The molecule has 0 saturated carbocycles. The maximum atomic E-state index is 11.7. The van der Waals surface area contributed by atoms with Crippen molar-refractivity contribution >= 4 is 17.4 Å². The first-order valence-electron chi connectivity index (χ1n) is 11.4. The normalized spacial score (nSPS) is 19.5. The summed E-state index contributed by atoms with van der Waals surface area (Å²) in [6.45, 7) is 6.62. The molecule has 0 spiro atoms. The summed E-state index contributed by atoms with van der Waals surface area (Å²) >= 11 is 0. The lowest BCUT2D eigenvalue weighted by Crippen LogP contribution is -2.54. The van der Waals surface area contributed by atoms with Gasteiger partial charge in [0.1, 0.15) is 11.7 Å². The first kappa shape index (κ1) is 22.6. The van der Waals surface area contributed by atoms with Gasteiger partial charge in [0.05, 0.1) is 0 Å². The molecule has 1 aliphatic rings. The molecule has 4 nitrogen and oxygen atoms in total. The van der Waals surface area contributed by atoms with Crippen molar-refractivity contribution in [3.05, 3.63) is 30.3 Å². The highest BCUT2D eigenvalue weighted by Gasteiger charge is 2.39. The zero-order valence-electron chi connectivity index (χ0n) is 18.2. The summed E-state index contributed by atoms with van der Waals surface area (Å²) in [5.41, 5.74) is 0.980. The number of benzene rings is 1. The standard InChI is InChI=1S/C24H39N3O/c1-4-7-11-18-22-25-23(19-12-8-5-2)27(21-16-13-10-14-17-21)24(28,26-22)20-15-9-6-3/h10,13-14,16-17,28H,4-9,11-12,15,18-20H2,1-3H3. The van der Waals surface area contributed by atoms with Gasteiger partial charge in [0.15, 0.2) is 0 Å². The molecule has 0 amide bonds. The van der Waals surface area contributed by atoms with Gasteiger partial charge in [0, 0.05) is 24.9 Å². The molecule has 1 aromatic carbocycles. The van der Waals surface area contributed by atoms with Crippen LogP contribution in [0.2, 0.25) is 0 Å². The van der Waals surface area contributed by atoms with Gasteiger partial charge in [-0.25, -0.2) is 9.98 Å². The molecule has 156 valence electrons. The van der Waals surface area contributed by atoms with Crippen molar-refractivity contribution in [2.75, 3.05) is 4.90 Å². The van der Waals surface area contributed by atoms with Gasteiger partial charge in [-0.2, -0.15) is 0 Å². The van der Waals surface area contributed by atoms with Gasteiger partial charge in [-0.05, 0) is 31.4 Å². The highest BCUT2D eigenvalue weighted by Crippen LogP contribution is 2.33.